The molecule has 0 bridgehead atoms. The molecule has 0 aliphatic carbocycles. The summed E-state index contributed by atoms with van der Waals surface area (Å²) in [6, 6.07) is 0.301. The highest BCUT2D eigenvalue weighted by Crippen LogP contribution is 2.25. The van der Waals surface area contributed by atoms with Gasteiger partial charge in [0, 0.05) is 38.4 Å². The van der Waals surface area contributed by atoms with Crippen LogP contribution in [0.3, 0.4) is 0 Å². The molecule has 25 heavy (non-hydrogen) atoms. The van der Waals surface area contributed by atoms with E-state index in [0.717, 1.165) is 25.7 Å². The molecule has 2 fully saturated rings. The summed E-state index contributed by atoms with van der Waals surface area (Å²) in [4.78, 5) is 28.4. The molecule has 2 aliphatic rings. The lowest BCUT2D eigenvalue weighted by Gasteiger charge is -2.42. The topological polar surface area (TPSA) is 59.1 Å². The van der Waals surface area contributed by atoms with Gasteiger partial charge in [-0.25, -0.2) is 4.79 Å². The number of nitrogens with zero attached hydrogens (tertiary/aromatic N) is 2. The molecule has 0 aromatic carbocycles. The zero-order chi connectivity index (χ0) is 18.4. The largest absolute Gasteiger partial charge is 0.444 e. The molecule has 0 unspecified atom stereocenters. The van der Waals surface area contributed by atoms with Gasteiger partial charge in [0.25, 0.3) is 5.91 Å². The van der Waals surface area contributed by atoms with Gasteiger partial charge in [0.2, 0.25) is 0 Å². The smallest absolute Gasteiger partial charge is 0.410 e. The van der Waals surface area contributed by atoms with Crippen LogP contribution in [0.1, 0.15) is 53.4 Å². The van der Waals surface area contributed by atoms with E-state index in [0.29, 0.717) is 26.3 Å². The number of amides is 2. The molecule has 2 rings (SSSR count). The first-order valence-electron chi connectivity index (χ1n) is 9.12. The molecule has 0 N–H and O–H groups in total. The van der Waals surface area contributed by atoms with Crippen molar-refractivity contribution >= 4 is 12.0 Å². The summed E-state index contributed by atoms with van der Waals surface area (Å²) >= 11 is 0. The van der Waals surface area contributed by atoms with E-state index in [1.807, 2.05) is 25.7 Å². The number of likely N-dealkylation sites (tertiary alicyclic amines) is 1. The Labute approximate surface area is 150 Å². The highest BCUT2D eigenvalue weighted by Gasteiger charge is 2.35. The van der Waals surface area contributed by atoms with Crippen molar-refractivity contribution in [2.75, 3.05) is 26.3 Å². The Balaban J connectivity index is 1.99. The molecule has 0 radical (unpaired) electrons. The molecule has 0 spiro atoms. The van der Waals surface area contributed by atoms with E-state index in [4.69, 9.17) is 9.47 Å². The second-order valence-electron chi connectivity index (χ2n) is 7.63. The third-order valence-electron chi connectivity index (χ3n) is 4.56. The van der Waals surface area contributed by atoms with Gasteiger partial charge in [0.15, 0.2) is 0 Å². The number of ether oxygens (including phenoxy) is 2. The second-order valence-corrected chi connectivity index (χ2v) is 7.63. The van der Waals surface area contributed by atoms with E-state index < -0.39 is 5.60 Å². The van der Waals surface area contributed by atoms with Crippen LogP contribution in [0.4, 0.5) is 4.79 Å². The fourth-order valence-corrected chi connectivity index (χ4v) is 3.42. The molecule has 2 amide bonds. The number of piperidine rings is 1. The molecule has 2 aliphatic heterocycles. The van der Waals surface area contributed by atoms with Gasteiger partial charge >= 0.3 is 6.09 Å². The summed E-state index contributed by atoms with van der Waals surface area (Å²) < 4.78 is 10.9. The quantitative estimate of drug-likeness (QED) is 0.718. The molecule has 0 aromatic heterocycles. The van der Waals surface area contributed by atoms with Crippen molar-refractivity contribution in [2.45, 2.75) is 71.1 Å². The molecule has 6 heteroatoms. The summed E-state index contributed by atoms with van der Waals surface area (Å²) in [6.07, 6.45) is 2.94. The van der Waals surface area contributed by atoms with Crippen LogP contribution in [-0.4, -0.2) is 65.8 Å². The van der Waals surface area contributed by atoms with Crippen LogP contribution < -0.4 is 0 Å². The Bertz CT molecular complexity index is 530. The van der Waals surface area contributed by atoms with Crippen LogP contribution in [0.15, 0.2) is 0 Å². The minimum atomic E-state index is -0.491. The second kappa shape index (κ2) is 8.57. The fourth-order valence-electron chi connectivity index (χ4n) is 3.42. The Kier molecular flexibility index (Phi) is 6.71. The van der Waals surface area contributed by atoms with Crippen LogP contribution in [0.2, 0.25) is 0 Å². The van der Waals surface area contributed by atoms with Gasteiger partial charge in [0.1, 0.15) is 5.60 Å². The van der Waals surface area contributed by atoms with Gasteiger partial charge < -0.3 is 19.3 Å². The molecule has 0 aromatic rings. The minimum absolute atomic E-state index is 0.106. The number of carbonyl (C=O) groups excluding carboxylic acids is 2. The molecule has 2 heterocycles. The molecule has 0 atom stereocenters. The first kappa shape index (κ1) is 19.6. The minimum Gasteiger partial charge on any atom is -0.444 e. The average Bonchev–Trinajstić information content (AvgIpc) is 2.55. The Morgan fingerprint density at radius 2 is 1.64 bits per heavy atom. The zero-order valence-electron chi connectivity index (χ0n) is 15.8. The highest BCUT2D eigenvalue weighted by atomic mass is 16.6. The molecule has 6 nitrogen and oxygen atoms in total. The lowest BCUT2D eigenvalue weighted by molar-refractivity contribution is -0.133. The zero-order valence-corrected chi connectivity index (χ0v) is 15.8. The molecular weight excluding hydrogens is 320 g/mol. The molecule has 0 saturated carbocycles. The SMILES string of the molecule is CC#CC(=O)N(C1CCOCC1)C1CCN(C(=O)OC(C)(C)C)CC1. The number of hydrogen-bond acceptors (Lipinski definition) is 4. The van der Waals surface area contributed by atoms with E-state index in [1.54, 1.807) is 11.8 Å². The predicted molar refractivity (Wildman–Crippen MR) is 95.0 cm³/mol. The predicted octanol–water partition coefficient (Wildman–Crippen LogP) is 2.42. The third kappa shape index (κ3) is 5.64. The average molecular weight is 350 g/mol. The number of hydrogen-bond donors (Lipinski definition) is 0. The number of rotatable bonds is 2. The maximum Gasteiger partial charge on any atom is 0.410 e. The summed E-state index contributed by atoms with van der Waals surface area (Å²) in [5, 5.41) is 0. The summed E-state index contributed by atoms with van der Waals surface area (Å²) in [6.45, 7) is 9.87. The van der Waals surface area contributed by atoms with Gasteiger partial charge in [-0.3, -0.25) is 4.79 Å². The van der Waals surface area contributed by atoms with Crippen molar-refractivity contribution in [1.82, 2.24) is 9.80 Å². The van der Waals surface area contributed by atoms with Crippen LogP contribution in [0, 0.1) is 11.8 Å². The van der Waals surface area contributed by atoms with Gasteiger partial charge in [-0.2, -0.15) is 0 Å². The van der Waals surface area contributed by atoms with Gasteiger partial charge in [-0.15, -0.1) is 0 Å². The van der Waals surface area contributed by atoms with Crippen molar-refractivity contribution in [1.29, 1.82) is 0 Å². The molecule has 2 saturated heterocycles. The van der Waals surface area contributed by atoms with Gasteiger partial charge in [-0.05, 0) is 59.3 Å². The molecule has 140 valence electrons. The van der Waals surface area contributed by atoms with E-state index >= 15 is 0 Å². The van der Waals surface area contributed by atoms with Crippen molar-refractivity contribution < 1.29 is 19.1 Å². The summed E-state index contributed by atoms with van der Waals surface area (Å²) in [5.74, 6) is 5.31. The van der Waals surface area contributed by atoms with Crippen LogP contribution in [0.25, 0.3) is 0 Å². The third-order valence-corrected chi connectivity index (χ3v) is 4.56. The first-order valence-corrected chi connectivity index (χ1v) is 9.12. The normalized spacial score (nSPS) is 19.8. The lowest BCUT2D eigenvalue weighted by Crippen LogP contribution is -2.53. The maximum absolute atomic E-state index is 12.6. The fraction of sp³-hybridized carbons (Fsp3) is 0.789. The lowest BCUT2D eigenvalue weighted by atomic mass is 9.98. The maximum atomic E-state index is 12.6. The van der Waals surface area contributed by atoms with Crippen molar-refractivity contribution in [2.24, 2.45) is 0 Å². The Morgan fingerprint density at radius 3 is 2.16 bits per heavy atom. The van der Waals surface area contributed by atoms with E-state index in [-0.39, 0.29) is 24.1 Å². The van der Waals surface area contributed by atoms with Crippen molar-refractivity contribution in [3.8, 4) is 11.8 Å². The van der Waals surface area contributed by atoms with Gasteiger partial charge in [-0.1, -0.05) is 5.92 Å². The van der Waals surface area contributed by atoms with Crippen LogP contribution in [-0.2, 0) is 14.3 Å². The van der Waals surface area contributed by atoms with E-state index in [1.165, 1.54) is 0 Å². The van der Waals surface area contributed by atoms with E-state index in [2.05, 4.69) is 11.8 Å². The molecular formula is C19H30N2O4. The number of carbonyl (C=O) groups is 2. The van der Waals surface area contributed by atoms with Crippen molar-refractivity contribution in [3.63, 3.8) is 0 Å². The summed E-state index contributed by atoms with van der Waals surface area (Å²) in [5.41, 5.74) is -0.491. The van der Waals surface area contributed by atoms with Crippen LogP contribution >= 0.6 is 0 Å². The summed E-state index contributed by atoms with van der Waals surface area (Å²) in [7, 11) is 0. The highest BCUT2D eigenvalue weighted by molar-refractivity contribution is 5.94. The Morgan fingerprint density at radius 1 is 1.08 bits per heavy atom. The Hall–Kier alpha value is -1.74. The standard InChI is InChI=1S/C19H30N2O4/c1-5-6-17(22)21(16-9-13-24-14-10-16)15-7-11-20(12-8-15)18(23)25-19(2,3)4/h15-16H,7-14H2,1-4H3. The monoisotopic (exact) mass is 350 g/mol. The van der Waals surface area contributed by atoms with E-state index in [9.17, 15) is 9.59 Å². The first-order chi connectivity index (χ1) is 11.8. The van der Waals surface area contributed by atoms with Gasteiger partial charge in [0.05, 0.1) is 0 Å². The van der Waals surface area contributed by atoms with Crippen LogP contribution in [0.5, 0.6) is 0 Å². The van der Waals surface area contributed by atoms with Crippen molar-refractivity contribution in [3.05, 3.63) is 0 Å².